The lowest BCUT2D eigenvalue weighted by molar-refractivity contribution is -0.116. The Hall–Kier alpha value is -2.04. The van der Waals surface area contributed by atoms with Gasteiger partial charge in [-0.2, -0.15) is 5.26 Å². The second-order valence-electron chi connectivity index (χ2n) is 4.19. The number of thioether (sulfide) groups is 1. The highest BCUT2D eigenvalue weighted by Gasteiger charge is 2.04. The van der Waals surface area contributed by atoms with E-state index in [0.717, 1.165) is 0 Å². The molecular weight excluding hydrogens is 274 g/mol. The molecule has 0 saturated heterocycles. The van der Waals surface area contributed by atoms with Crippen LogP contribution in [-0.4, -0.2) is 42.9 Å². The number of amides is 1. The second kappa shape index (κ2) is 8.19. The Morgan fingerprint density at radius 3 is 2.85 bits per heavy atom. The van der Waals surface area contributed by atoms with E-state index in [1.165, 1.54) is 11.8 Å². The molecule has 0 unspecified atom stereocenters. The molecule has 0 atom stereocenters. The Bertz CT molecular complexity index is 536. The standard InChI is InChI=1S/C13H17N5OS/c1-18(2)8-12(19)16-10-5-4-6-11(7-10)17-13(20-3)15-9-14/h4-7H,8H2,1-3H3,(H,15,17)(H,16,19). The molecule has 0 saturated carbocycles. The lowest BCUT2D eigenvalue weighted by Crippen LogP contribution is -2.27. The van der Waals surface area contributed by atoms with Gasteiger partial charge in [0, 0.05) is 5.69 Å². The molecule has 0 aliphatic carbocycles. The van der Waals surface area contributed by atoms with Crippen molar-refractivity contribution >= 4 is 34.2 Å². The normalized spacial score (nSPS) is 11.1. The van der Waals surface area contributed by atoms with Gasteiger partial charge in [-0.05, 0) is 38.6 Å². The molecule has 1 rings (SSSR count). The molecule has 0 aliphatic rings. The van der Waals surface area contributed by atoms with Crippen LogP contribution in [0.15, 0.2) is 29.3 Å². The van der Waals surface area contributed by atoms with Crippen LogP contribution in [-0.2, 0) is 4.79 Å². The zero-order chi connectivity index (χ0) is 15.0. The molecule has 0 aromatic heterocycles. The minimum absolute atomic E-state index is 0.0867. The number of carbonyl (C=O) groups is 1. The molecule has 0 aliphatic heterocycles. The predicted molar refractivity (Wildman–Crippen MR) is 83.0 cm³/mol. The van der Waals surface area contributed by atoms with E-state index in [1.54, 1.807) is 29.2 Å². The van der Waals surface area contributed by atoms with Crippen LogP contribution in [0.1, 0.15) is 0 Å². The third-order valence-corrected chi connectivity index (χ3v) is 2.76. The molecule has 0 radical (unpaired) electrons. The fourth-order valence-electron chi connectivity index (χ4n) is 1.43. The number of hydrogen-bond acceptors (Lipinski definition) is 5. The van der Waals surface area contributed by atoms with Crippen LogP contribution in [0.3, 0.4) is 0 Å². The number of hydrogen-bond donors (Lipinski definition) is 2. The first-order valence-corrected chi connectivity index (χ1v) is 7.10. The van der Waals surface area contributed by atoms with Crippen LogP contribution < -0.4 is 10.6 Å². The molecule has 1 aromatic rings. The quantitative estimate of drug-likeness (QED) is 0.381. The number of anilines is 1. The zero-order valence-electron chi connectivity index (χ0n) is 11.7. The van der Waals surface area contributed by atoms with Gasteiger partial charge in [0.15, 0.2) is 11.4 Å². The topological polar surface area (TPSA) is 80.5 Å². The Kier molecular flexibility index (Phi) is 6.56. The average Bonchev–Trinajstić information content (AvgIpc) is 2.37. The smallest absolute Gasteiger partial charge is 0.238 e. The minimum Gasteiger partial charge on any atom is -0.325 e. The van der Waals surface area contributed by atoms with E-state index in [2.05, 4.69) is 15.6 Å². The monoisotopic (exact) mass is 291 g/mol. The highest BCUT2D eigenvalue weighted by Crippen LogP contribution is 2.19. The summed E-state index contributed by atoms with van der Waals surface area (Å²) in [4.78, 5) is 17.7. The number of nitrogens with one attached hydrogen (secondary N) is 2. The van der Waals surface area contributed by atoms with Gasteiger partial charge < -0.3 is 10.2 Å². The lowest BCUT2D eigenvalue weighted by Gasteiger charge is -2.10. The number of rotatable bonds is 4. The molecular formula is C13H17N5OS. The maximum Gasteiger partial charge on any atom is 0.238 e. The molecule has 0 heterocycles. The van der Waals surface area contributed by atoms with Gasteiger partial charge >= 0.3 is 0 Å². The number of nitriles is 1. The number of nitrogens with zero attached hydrogens (tertiary/aromatic N) is 3. The first-order valence-electron chi connectivity index (χ1n) is 5.87. The summed E-state index contributed by atoms with van der Waals surface area (Å²) in [5, 5.41) is 14.4. The van der Waals surface area contributed by atoms with Crippen LogP contribution >= 0.6 is 11.8 Å². The van der Waals surface area contributed by atoms with Crippen molar-refractivity contribution in [1.82, 2.24) is 10.2 Å². The van der Waals surface area contributed by atoms with Crippen LogP contribution in [0, 0.1) is 11.5 Å². The van der Waals surface area contributed by atoms with Gasteiger partial charge in [-0.1, -0.05) is 17.8 Å². The Balaban J connectivity index is 2.80. The predicted octanol–water partition coefficient (Wildman–Crippen LogP) is 1.61. The van der Waals surface area contributed by atoms with Gasteiger partial charge in [0.05, 0.1) is 12.2 Å². The Morgan fingerprint density at radius 1 is 1.50 bits per heavy atom. The summed E-state index contributed by atoms with van der Waals surface area (Å²) in [6, 6.07) is 7.15. The zero-order valence-corrected chi connectivity index (χ0v) is 12.5. The molecule has 20 heavy (non-hydrogen) atoms. The third-order valence-electron chi connectivity index (χ3n) is 2.18. The largest absolute Gasteiger partial charge is 0.325 e. The van der Waals surface area contributed by atoms with Crippen molar-refractivity contribution < 1.29 is 4.79 Å². The van der Waals surface area contributed by atoms with Gasteiger partial charge in [0.2, 0.25) is 5.91 Å². The van der Waals surface area contributed by atoms with Crippen LogP contribution in [0.5, 0.6) is 0 Å². The van der Waals surface area contributed by atoms with Gasteiger partial charge in [0.25, 0.3) is 0 Å². The fourth-order valence-corrected chi connectivity index (χ4v) is 1.78. The Morgan fingerprint density at radius 2 is 2.25 bits per heavy atom. The van der Waals surface area contributed by atoms with E-state index in [9.17, 15) is 4.79 Å². The van der Waals surface area contributed by atoms with Crippen LogP contribution in [0.25, 0.3) is 0 Å². The van der Waals surface area contributed by atoms with E-state index in [-0.39, 0.29) is 5.91 Å². The summed E-state index contributed by atoms with van der Waals surface area (Å²) < 4.78 is 0. The molecule has 6 nitrogen and oxygen atoms in total. The molecule has 2 N–H and O–H groups in total. The highest BCUT2D eigenvalue weighted by atomic mass is 32.2. The second-order valence-corrected chi connectivity index (χ2v) is 4.99. The fraction of sp³-hybridized carbons (Fsp3) is 0.308. The van der Waals surface area contributed by atoms with E-state index >= 15 is 0 Å². The number of likely N-dealkylation sites (N-methyl/N-ethyl adjacent to an activating group) is 1. The van der Waals surface area contributed by atoms with Crippen molar-refractivity contribution in [2.75, 3.05) is 32.2 Å². The van der Waals surface area contributed by atoms with E-state index in [1.807, 2.05) is 26.5 Å². The molecule has 106 valence electrons. The lowest BCUT2D eigenvalue weighted by atomic mass is 10.3. The molecule has 7 heteroatoms. The van der Waals surface area contributed by atoms with Gasteiger partial charge in [-0.3, -0.25) is 10.1 Å². The maximum absolute atomic E-state index is 11.7. The number of carbonyl (C=O) groups excluding carboxylic acids is 1. The number of amidine groups is 1. The summed E-state index contributed by atoms with van der Waals surface area (Å²) in [5.74, 6) is -0.0867. The van der Waals surface area contributed by atoms with Crippen LogP contribution in [0.4, 0.5) is 11.4 Å². The van der Waals surface area contributed by atoms with Crippen LogP contribution in [0.2, 0.25) is 0 Å². The van der Waals surface area contributed by atoms with Gasteiger partial charge in [-0.15, -0.1) is 0 Å². The van der Waals surface area contributed by atoms with Crippen molar-refractivity contribution in [1.29, 1.82) is 5.26 Å². The van der Waals surface area contributed by atoms with Gasteiger partial charge in [-0.25, -0.2) is 4.99 Å². The summed E-state index contributed by atoms with van der Waals surface area (Å²) in [5.41, 5.74) is 1.34. The van der Waals surface area contributed by atoms with Crippen molar-refractivity contribution in [2.24, 2.45) is 4.99 Å². The van der Waals surface area contributed by atoms with E-state index < -0.39 is 0 Å². The van der Waals surface area contributed by atoms with Crippen molar-refractivity contribution in [3.05, 3.63) is 24.3 Å². The van der Waals surface area contributed by atoms with Gasteiger partial charge in [0.1, 0.15) is 0 Å². The molecule has 0 spiro atoms. The first-order chi connectivity index (χ1) is 9.55. The Labute approximate surface area is 122 Å². The number of aliphatic imine (C=N–C) groups is 1. The summed E-state index contributed by atoms with van der Waals surface area (Å²) in [6.45, 7) is 0.319. The summed E-state index contributed by atoms with van der Waals surface area (Å²) in [6.07, 6.45) is 3.66. The average molecular weight is 291 g/mol. The van der Waals surface area contributed by atoms with Crippen molar-refractivity contribution in [2.45, 2.75) is 0 Å². The molecule has 1 aromatic carbocycles. The van der Waals surface area contributed by atoms with Crippen molar-refractivity contribution in [3.8, 4) is 6.19 Å². The highest BCUT2D eigenvalue weighted by molar-refractivity contribution is 8.13. The molecule has 0 bridgehead atoms. The third kappa shape index (κ3) is 5.73. The maximum atomic E-state index is 11.7. The summed E-state index contributed by atoms with van der Waals surface area (Å²) in [7, 11) is 3.66. The minimum atomic E-state index is -0.0867. The first kappa shape index (κ1) is 16.0. The van der Waals surface area contributed by atoms with E-state index in [0.29, 0.717) is 23.1 Å². The SMILES string of the molecule is CSC(=Nc1cccc(NC(=O)CN(C)C)c1)NC#N. The van der Waals surface area contributed by atoms with E-state index in [4.69, 9.17) is 5.26 Å². The number of benzene rings is 1. The van der Waals surface area contributed by atoms with Crippen molar-refractivity contribution in [3.63, 3.8) is 0 Å². The molecule has 0 fully saturated rings. The molecule has 1 amide bonds. The summed E-state index contributed by atoms with van der Waals surface area (Å²) >= 11 is 1.34.